The van der Waals surface area contributed by atoms with Gasteiger partial charge in [-0.15, -0.1) is 0 Å². The number of aromatic nitrogens is 1. The quantitative estimate of drug-likeness (QED) is 0.912. The molecule has 1 aliphatic carbocycles. The van der Waals surface area contributed by atoms with Crippen molar-refractivity contribution in [1.82, 2.24) is 4.98 Å². The Balaban J connectivity index is 1.87. The van der Waals surface area contributed by atoms with Crippen LogP contribution in [0, 0.1) is 11.7 Å². The van der Waals surface area contributed by atoms with Crippen molar-refractivity contribution in [1.29, 1.82) is 0 Å². The molecule has 3 nitrogen and oxygen atoms in total. The monoisotopic (exact) mass is 264 g/mol. The number of halogens is 1. The van der Waals surface area contributed by atoms with Crippen molar-refractivity contribution >= 4 is 5.82 Å². The maximum atomic E-state index is 13.2. The first kappa shape index (κ1) is 12.9. The number of aliphatic hydroxyl groups is 1. The van der Waals surface area contributed by atoms with Crippen molar-refractivity contribution in [2.75, 3.05) is 11.4 Å². The Morgan fingerprint density at radius 1 is 1.26 bits per heavy atom. The van der Waals surface area contributed by atoms with Gasteiger partial charge >= 0.3 is 0 Å². The minimum Gasteiger partial charge on any atom is -0.392 e. The average Bonchev–Trinajstić information content (AvgIpc) is 3.08. The van der Waals surface area contributed by atoms with E-state index in [4.69, 9.17) is 0 Å². The molecule has 1 aromatic rings. The van der Waals surface area contributed by atoms with Crippen LogP contribution in [0.5, 0.6) is 0 Å². The molecule has 1 saturated heterocycles. The first-order chi connectivity index (χ1) is 9.29. The number of hydrogen-bond acceptors (Lipinski definition) is 3. The summed E-state index contributed by atoms with van der Waals surface area (Å²) in [6.45, 7) is 0.834. The Hall–Kier alpha value is -1.16. The van der Waals surface area contributed by atoms with E-state index in [0.717, 1.165) is 18.3 Å². The Bertz CT molecular complexity index is 446. The first-order valence-electron chi connectivity index (χ1n) is 7.31. The zero-order chi connectivity index (χ0) is 13.2. The van der Waals surface area contributed by atoms with Crippen LogP contribution in [0.15, 0.2) is 12.3 Å². The van der Waals surface area contributed by atoms with E-state index in [2.05, 4.69) is 9.88 Å². The first-order valence-corrected chi connectivity index (χ1v) is 7.31. The number of aliphatic hydroxyl groups excluding tert-OH is 1. The van der Waals surface area contributed by atoms with Gasteiger partial charge < -0.3 is 10.0 Å². The van der Waals surface area contributed by atoms with Gasteiger partial charge in [0.25, 0.3) is 0 Å². The second kappa shape index (κ2) is 5.45. The second-order valence-electron chi connectivity index (χ2n) is 5.74. The molecule has 1 N–H and O–H groups in total. The van der Waals surface area contributed by atoms with Gasteiger partial charge in [-0.1, -0.05) is 12.8 Å². The molecule has 4 heteroatoms. The van der Waals surface area contributed by atoms with E-state index in [1.165, 1.54) is 50.8 Å². The molecule has 2 heterocycles. The maximum Gasteiger partial charge on any atom is 0.142 e. The SMILES string of the molecule is OCc1cc(F)cnc1N1CCCC1C1CCCC1. The van der Waals surface area contributed by atoms with E-state index in [1.54, 1.807) is 0 Å². The predicted molar refractivity (Wildman–Crippen MR) is 72.4 cm³/mol. The number of pyridine rings is 1. The largest absolute Gasteiger partial charge is 0.392 e. The molecule has 0 aromatic carbocycles. The van der Waals surface area contributed by atoms with Gasteiger partial charge in [-0.3, -0.25) is 0 Å². The van der Waals surface area contributed by atoms with Crippen LogP contribution in [-0.2, 0) is 6.61 Å². The predicted octanol–water partition coefficient (Wildman–Crippen LogP) is 2.87. The molecule has 0 spiro atoms. The molecule has 0 bridgehead atoms. The molecular formula is C15H21FN2O. The zero-order valence-corrected chi connectivity index (χ0v) is 11.2. The molecule has 1 aliphatic heterocycles. The van der Waals surface area contributed by atoms with Gasteiger partial charge in [0.1, 0.15) is 11.6 Å². The summed E-state index contributed by atoms with van der Waals surface area (Å²) >= 11 is 0. The van der Waals surface area contributed by atoms with Crippen LogP contribution in [-0.4, -0.2) is 22.7 Å². The Kier molecular flexibility index (Phi) is 3.69. The Morgan fingerprint density at radius 3 is 2.79 bits per heavy atom. The van der Waals surface area contributed by atoms with E-state index in [1.807, 2.05) is 0 Å². The summed E-state index contributed by atoms with van der Waals surface area (Å²) < 4.78 is 13.2. The van der Waals surface area contributed by atoms with E-state index in [9.17, 15) is 9.50 Å². The topological polar surface area (TPSA) is 36.4 Å². The minimum atomic E-state index is -0.371. The summed E-state index contributed by atoms with van der Waals surface area (Å²) in [7, 11) is 0. The smallest absolute Gasteiger partial charge is 0.142 e. The van der Waals surface area contributed by atoms with Crippen LogP contribution in [0.25, 0.3) is 0 Å². The highest BCUT2D eigenvalue weighted by atomic mass is 19.1. The van der Waals surface area contributed by atoms with Gasteiger partial charge in [-0.05, 0) is 37.7 Å². The summed E-state index contributed by atoms with van der Waals surface area (Å²) in [6, 6.07) is 1.94. The van der Waals surface area contributed by atoms with Crippen LogP contribution in [0.1, 0.15) is 44.1 Å². The molecule has 1 saturated carbocycles. The fraction of sp³-hybridized carbons (Fsp3) is 0.667. The second-order valence-corrected chi connectivity index (χ2v) is 5.74. The number of hydrogen-bond donors (Lipinski definition) is 1. The van der Waals surface area contributed by atoms with Crippen LogP contribution in [0.2, 0.25) is 0 Å². The van der Waals surface area contributed by atoms with Gasteiger partial charge in [-0.2, -0.15) is 0 Å². The molecule has 0 radical (unpaired) electrons. The van der Waals surface area contributed by atoms with Gasteiger partial charge in [0.2, 0.25) is 0 Å². The molecular weight excluding hydrogens is 243 g/mol. The highest BCUT2D eigenvalue weighted by Crippen LogP contribution is 2.38. The normalized spacial score (nSPS) is 24.3. The molecule has 2 aliphatic rings. The van der Waals surface area contributed by atoms with Crippen molar-refractivity contribution in [3.8, 4) is 0 Å². The summed E-state index contributed by atoms with van der Waals surface area (Å²) in [5, 5.41) is 9.42. The number of rotatable bonds is 3. The highest BCUT2D eigenvalue weighted by Gasteiger charge is 2.34. The van der Waals surface area contributed by atoms with Gasteiger partial charge in [0.05, 0.1) is 12.8 Å². The molecule has 1 unspecified atom stereocenters. The summed E-state index contributed by atoms with van der Waals surface area (Å²) in [5.74, 6) is 1.17. The van der Waals surface area contributed by atoms with Crippen LogP contribution < -0.4 is 4.90 Å². The molecule has 0 amide bonds. The summed E-state index contributed by atoms with van der Waals surface area (Å²) in [6.07, 6.45) is 8.91. The van der Waals surface area contributed by atoms with Crippen molar-refractivity contribution < 1.29 is 9.50 Å². The minimum absolute atomic E-state index is 0.145. The Labute approximate surface area is 113 Å². The van der Waals surface area contributed by atoms with E-state index >= 15 is 0 Å². The third kappa shape index (κ3) is 2.46. The lowest BCUT2D eigenvalue weighted by Crippen LogP contribution is -2.36. The molecule has 1 aromatic heterocycles. The van der Waals surface area contributed by atoms with Crippen molar-refractivity contribution in [2.24, 2.45) is 5.92 Å². The molecule has 2 fully saturated rings. The lowest BCUT2D eigenvalue weighted by atomic mass is 9.96. The molecule has 3 rings (SSSR count). The van der Waals surface area contributed by atoms with E-state index in [-0.39, 0.29) is 12.4 Å². The Morgan fingerprint density at radius 2 is 2.05 bits per heavy atom. The highest BCUT2D eigenvalue weighted by molar-refractivity contribution is 5.48. The van der Waals surface area contributed by atoms with Crippen LogP contribution in [0.3, 0.4) is 0 Å². The van der Waals surface area contributed by atoms with Crippen molar-refractivity contribution in [2.45, 2.75) is 51.2 Å². The van der Waals surface area contributed by atoms with Crippen molar-refractivity contribution in [3.05, 3.63) is 23.6 Å². The van der Waals surface area contributed by atoms with Gasteiger partial charge in [-0.25, -0.2) is 9.37 Å². The van der Waals surface area contributed by atoms with Gasteiger partial charge in [0, 0.05) is 18.2 Å². The summed E-state index contributed by atoms with van der Waals surface area (Å²) in [4.78, 5) is 6.55. The molecule has 1 atom stereocenters. The lowest BCUT2D eigenvalue weighted by molar-refractivity contribution is 0.280. The molecule has 104 valence electrons. The van der Waals surface area contributed by atoms with E-state index in [0.29, 0.717) is 11.6 Å². The zero-order valence-electron chi connectivity index (χ0n) is 11.2. The van der Waals surface area contributed by atoms with Gasteiger partial charge in [0.15, 0.2) is 0 Å². The van der Waals surface area contributed by atoms with Crippen molar-refractivity contribution in [3.63, 3.8) is 0 Å². The molecule has 19 heavy (non-hydrogen) atoms. The van der Waals surface area contributed by atoms with Crippen LogP contribution >= 0.6 is 0 Å². The number of nitrogens with zero attached hydrogens (tertiary/aromatic N) is 2. The lowest BCUT2D eigenvalue weighted by Gasteiger charge is -2.31. The third-order valence-corrected chi connectivity index (χ3v) is 4.60. The summed E-state index contributed by atoms with van der Waals surface area (Å²) in [5.41, 5.74) is 0.616. The number of anilines is 1. The fourth-order valence-electron chi connectivity index (χ4n) is 3.74. The van der Waals surface area contributed by atoms with Crippen LogP contribution in [0.4, 0.5) is 10.2 Å². The fourth-order valence-corrected chi connectivity index (χ4v) is 3.74. The average molecular weight is 264 g/mol. The standard InChI is InChI=1S/C15H21FN2O/c16-13-8-12(10-19)15(17-9-13)18-7-3-6-14(18)11-4-1-2-5-11/h8-9,11,14,19H,1-7,10H2. The van der Waals surface area contributed by atoms with E-state index < -0.39 is 0 Å². The maximum absolute atomic E-state index is 13.2. The third-order valence-electron chi connectivity index (χ3n) is 4.60.